The Kier molecular flexibility index (Phi) is 4.53. The zero-order valence-corrected chi connectivity index (χ0v) is 15.2. The van der Waals surface area contributed by atoms with Gasteiger partial charge in [0.2, 0.25) is 5.88 Å². The zero-order valence-electron chi connectivity index (χ0n) is 15.2. The van der Waals surface area contributed by atoms with Crippen molar-refractivity contribution >= 4 is 11.7 Å². The number of carbonyl (C=O) groups is 1. The molecule has 27 heavy (non-hydrogen) atoms. The van der Waals surface area contributed by atoms with Crippen LogP contribution in [0.3, 0.4) is 0 Å². The van der Waals surface area contributed by atoms with Gasteiger partial charge in [-0.05, 0) is 50.5 Å². The van der Waals surface area contributed by atoms with Crippen molar-refractivity contribution in [3.8, 4) is 17.4 Å². The number of ether oxygens (including phenoxy) is 1. The molecule has 0 unspecified atom stereocenters. The fourth-order valence-corrected chi connectivity index (χ4v) is 3.08. The van der Waals surface area contributed by atoms with Crippen LogP contribution in [0.1, 0.15) is 41.7 Å². The molecule has 3 aromatic heterocycles. The largest absolute Gasteiger partial charge is 0.477 e. The molecule has 0 spiro atoms. The summed E-state index contributed by atoms with van der Waals surface area (Å²) in [7, 11) is 0. The minimum Gasteiger partial charge on any atom is -0.477 e. The number of fused-ring (bicyclic) bond motifs is 5. The maximum atomic E-state index is 12.8. The van der Waals surface area contributed by atoms with Crippen LogP contribution in [0.4, 0.5) is 5.82 Å². The van der Waals surface area contributed by atoms with Gasteiger partial charge >= 0.3 is 0 Å². The molecule has 4 rings (SSSR count). The molecule has 1 amide bonds. The second kappa shape index (κ2) is 7.14. The Balaban J connectivity index is 1.77. The number of aromatic nitrogens is 5. The molecular weight excluding hydrogens is 344 g/mol. The van der Waals surface area contributed by atoms with E-state index in [1.807, 2.05) is 23.6 Å². The Morgan fingerprint density at radius 2 is 2.22 bits per heavy atom. The second-order valence-electron chi connectivity index (χ2n) is 6.63. The predicted molar refractivity (Wildman–Crippen MR) is 99.6 cm³/mol. The fourth-order valence-electron chi connectivity index (χ4n) is 3.08. The van der Waals surface area contributed by atoms with Crippen LogP contribution in [-0.4, -0.2) is 37.2 Å². The lowest BCUT2D eigenvalue weighted by Gasteiger charge is -2.17. The van der Waals surface area contributed by atoms with Gasteiger partial charge in [-0.15, -0.1) is 10.2 Å². The highest BCUT2D eigenvalue weighted by Crippen LogP contribution is 2.24. The van der Waals surface area contributed by atoms with E-state index in [-0.39, 0.29) is 11.9 Å². The van der Waals surface area contributed by atoms with Crippen LogP contribution in [0.2, 0.25) is 0 Å². The Hall–Kier alpha value is -3.29. The number of aryl methyl sites for hydroxylation is 1. The van der Waals surface area contributed by atoms with Crippen molar-refractivity contribution in [2.75, 3.05) is 11.9 Å². The smallest absolute Gasteiger partial charge is 0.262 e. The number of hydrogen-bond acceptors (Lipinski definition) is 6. The van der Waals surface area contributed by atoms with Crippen LogP contribution < -0.4 is 10.1 Å². The van der Waals surface area contributed by atoms with Crippen LogP contribution >= 0.6 is 0 Å². The van der Waals surface area contributed by atoms with Crippen LogP contribution in [0.25, 0.3) is 11.5 Å². The van der Waals surface area contributed by atoms with E-state index in [1.54, 1.807) is 24.7 Å². The molecule has 8 heteroatoms. The van der Waals surface area contributed by atoms with E-state index in [9.17, 15) is 4.79 Å². The quantitative estimate of drug-likeness (QED) is 0.659. The maximum absolute atomic E-state index is 12.8. The summed E-state index contributed by atoms with van der Waals surface area (Å²) in [6.45, 7) is 4.47. The van der Waals surface area contributed by atoms with E-state index in [1.165, 1.54) is 0 Å². The summed E-state index contributed by atoms with van der Waals surface area (Å²) < 4.78 is 7.79. The van der Waals surface area contributed by atoms with Gasteiger partial charge in [0.25, 0.3) is 5.91 Å². The van der Waals surface area contributed by atoms with E-state index in [2.05, 4.69) is 32.4 Å². The van der Waals surface area contributed by atoms with Crippen LogP contribution in [0.15, 0.2) is 36.8 Å². The molecule has 4 heterocycles. The standard InChI is InChI=1S/C19H20N6O2/c1-12-9-14-18(26)23-16-7-3-6-15(22-16)17-24-21-11-25(17)13(2)5-4-8-27-19(14)20-10-12/h3,6-7,9-11,13H,4-5,8H2,1-2H3,(H,22,23,26)/t13-/m0/s1. The van der Waals surface area contributed by atoms with Crippen LogP contribution in [0.5, 0.6) is 5.88 Å². The molecule has 1 aliphatic heterocycles. The first kappa shape index (κ1) is 17.1. The molecule has 1 atom stereocenters. The Morgan fingerprint density at radius 3 is 3.11 bits per heavy atom. The molecule has 0 saturated carbocycles. The van der Waals surface area contributed by atoms with Crippen molar-refractivity contribution in [2.45, 2.75) is 32.7 Å². The Labute approximate surface area is 156 Å². The third kappa shape index (κ3) is 3.51. The van der Waals surface area contributed by atoms with E-state index in [0.29, 0.717) is 35.4 Å². The van der Waals surface area contributed by atoms with Crippen molar-refractivity contribution in [2.24, 2.45) is 0 Å². The number of hydrogen-bond donors (Lipinski definition) is 1. The molecule has 8 nitrogen and oxygen atoms in total. The minimum absolute atomic E-state index is 0.187. The SMILES string of the molecule is Cc1cnc2c(c1)C(=O)Nc1cccc(n1)-c1nncn1[C@@H](C)CCCO2. The van der Waals surface area contributed by atoms with E-state index < -0.39 is 0 Å². The molecule has 0 fully saturated rings. The molecule has 138 valence electrons. The maximum Gasteiger partial charge on any atom is 0.262 e. The first-order chi connectivity index (χ1) is 13.1. The normalized spacial score (nSPS) is 17.1. The molecule has 0 saturated heterocycles. The number of nitrogens with zero attached hydrogens (tertiary/aromatic N) is 5. The average molecular weight is 364 g/mol. The van der Waals surface area contributed by atoms with Gasteiger partial charge in [0.1, 0.15) is 23.4 Å². The predicted octanol–water partition coefficient (Wildman–Crippen LogP) is 3.03. The van der Waals surface area contributed by atoms with Gasteiger partial charge in [-0.2, -0.15) is 0 Å². The average Bonchev–Trinajstić information content (AvgIpc) is 3.15. The number of rotatable bonds is 0. The highest BCUT2D eigenvalue weighted by atomic mass is 16.5. The lowest BCUT2D eigenvalue weighted by molar-refractivity contribution is 0.102. The number of anilines is 1. The topological polar surface area (TPSA) is 94.8 Å². The van der Waals surface area contributed by atoms with Gasteiger partial charge in [-0.3, -0.25) is 4.79 Å². The highest BCUT2D eigenvalue weighted by Gasteiger charge is 2.19. The monoisotopic (exact) mass is 364 g/mol. The molecule has 3 aromatic rings. The highest BCUT2D eigenvalue weighted by molar-refractivity contribution is 6.05. The zero-order chi connectivity index (χ0) is 18.8. The second-order valence-corrected chi connectivity index (χ2v) is 6.63. The summed E-state index contributed by atoms with van der Waals surface area (Å²) in [5.74, 6) is 1.14. The molecule has 1 aliphatic rings. The summed E-state index contributed by atoms with van der Waals surface area (Å²) in [5, 5.41) is 11.1. The summed E-state index contributed by atoms with van der Waals surface area (Å²) >= 11 is 0. The summed E-state index contributed by atoms with van der Waals surface area (Å²) in [6.07, 6.45) is 5.08. The van der Waals surface area contributed by atoms with Gasteiger partial charge in [0.05, 0.1) is 6.61 Å². The molecule has 2 bridgehead atoms. The minimum atomic E-state index is -0.308. The number of pyridine rings is 2. The Morgan fingerprint density at radius 1 is 1.33 bits per heavy atom. The summed E-state index contributed by atoms with van der Waals surface area (Å²) in [4.78, 5) is 21.6. The van der Waals surface area contributed by atoms with E-state index in [0.717, 1.165) is 18.4 Å². The molecule has 0 aliphatic carbocycles. The Bertz CT molecular complexity index is 984. The lowest BCUT2D eigenvalue weighted by atomic mass is 10.1. The first-order valence-electron chi connectivity index (χ1n) is 8.89. The lowest BCUT2D eigenvalue weighted by Crippen LogP contribution is -2.17. The third-order valence-electron chi connectivity index (χ3n) is 4.51. The van der Waals surface area contributed by atoms with Gasteiger partial charge in [0.15, 0.2) is 5.82 Å². The van der Waals surface area contributed by atoms with Gasteiger partial charge in [-0.1, -0.05) is 6.07 Å². The van der Waals surface area contributed by atoms with Crippen LogP contribution in [0, 0.1) is 6.92 Å². The molecule has 1 N–H and O–H groups in total. The van der Waals surface area contributed by atoms with Gasteiger partial charge in [-0.25, -0.2) is 9.97 Å². The van der Waals surface area contributed by atoms with E-state index >= 15 is 0 Å². The van der Waals surface area contributed by atoms with Crippen molar-refractivity contribution in [3.05, 3.63) is 47.9 Å². The summed E-state index contributed by atoms with van der Waals surface area (Å²) in [6, 6.07) is 7.39. The fraction of sp³-hybridized carbons (Fsp3) is 0.316. The van der Waals surface area contributed by atoms with Crippen LogP contribution in [-0.2, 0) is 0 Å². The van der Waals surface area contributed by atoms with Gasteiger partial charge in [0, 0.05) is 12.2 Å². The number of carbonyl (C=O) groups excluding carboxylic acids is 1. The number of nitrogens with one attached hydrogen (secondary N) is 1. The van der Waals surface area contributed by atoms with Crippen molar-refractivity contribution in [3.63, 3.8) is 0 Å². The van der Waals surface area contributed by atoms with E-state index in [4.69, 9.17) is 4.74 Å². The van der Waals surface area contributed by atoms with Crippen molar-refractivity contribution in [1.29, 1.82) is 0 Å². The third-order valence-corrected chi connectivity index (χ3v) is 4.51. The first-order valence-corrected chi connectivity index (χ1v) is 8.89. The summed E-state index contributed by atoms with van der Waals surface area (Å²) in [5.41, 5.74) is 1.94. The molecule has 0 aromatic carbocycles. The molecular formula is C19H20N6O2. The number of amides is 1. The van der Waals surface area contributed by atoms with Crippen molar-refractivity contribution in [1.82, 2.24) is 24.7 Å². The van der Waals surface area contributed by atoms with Gasteiger partial charge < -0.3 is 14.6 Å². The van der Waals surface area contributed by atoms with Crippen molar-refractivity contribution < 1.29 is 9.53 Å². The molecule has 0 radical (unpaired) electrons.